The first kappa shape index (κ1) is 17.0. The second-order valence-corrected chi connectivity index (χ2v) is 5.91. The van der Waals surface area contributed by atoms with Crippen LogP contribution < -0.4 is 11.1 Å². The highest BCUT2D eigenvalue weighted by Gasteiger charge is 2.17. The van der Waals surface area contributed by atoms with Gasteiger partial charge in [-0.3, -0.25) is 10.1 Å². The molecule has 1 aromatic rings. The summed E-state index contributed by atoms with van der Waals surface area (Å²) in [5.41, 5.74) is 7.35. The van der Waals surface area contributed by atoms with Crippen LogP contribution in [-0.4, -0.2) is 22.8 Å². The predicted octanol–water partition coefficient (Wildman–Crippen LogP) is 2.82. The van der Waals surface area contributed by atoms with Crippen LogP contribution in [0.4, 0.5) is 10.5 Å². The van der Waals surface area contributed by atoms with Crippen molar-refractivity contribution in [1.29, 1.82) is 0 Å². The number of hydrogen-bond donors (Lipinski definition) is 3. The van der Waals surface area contributed by atoms with Crippen LogP contribution in [0.3, 0.4) is 0 Å². The first-order valence-corrected chi connectivity index (χ1v) is 6.66. The van der Waals surface area contributed by atoms with Crippen LogP contribution in [0.15, 0.2) is 18.2 Å². The van der Waals surface area contributed by atoms with Gasteiger partial charge in [0.1, 0.15) is 5.60 Å². The van der Waals surface area contributed by atoms with E-state index in [0.29, 0.717) is 11.3 Å². The van der Waals surface area contributed by atoms with Crippen molar-refractivity contribution in [2.24, 2.45) is 5.73 Å². The van der Waals surface area contributed by atoms with E-state index in [0.717, 1.165) is 5.56 Å². The average molecular weight is 294 g/mol. The Hall–Kier alpha value is -2.08. The Bertz CT molecular complexity index is 535. The molecule has 0 aromatic heterocycles. The summed E-state index contributed by atoms with van der Waals surface area (Å²) in [6.45, 7) is 7.16. The summed E-state index contributed by atoms with van der Waals surface area (Å²) in [4.78, 5) is 22.4. The second-order valence-electron chi connectivity index (χ2n) is 5.91. The van der Waals surface area contributed by atoms with Gasteiger partial charge >= 0.3 is 12.1 Å². The summed E-state index contributed by atoms with van der Waals surface area (Å²) in [6.07, 6.45) is -0.675. The normalized spacial score (nSPS) is 12.6. The largest absolute Gasteiger partial charge is 0.481 e. The number of nitrogens with two attached hydrogens (primary N) is 1. The molecule has 1 aromatic carbocycles. The minimum Gasteiger partial charge on any atom is -0.481 e. The van der Waals surface area contributed by atoms with Crippen LogP contribution >= 0.6 is 0 Å². The molecule has 0 saturated carbocycles. The molecule has 21 heavy (non-hydrogen) atoms. The highest BCUT2D eigenvalue weighted by molar-refractivity contribution is 5.86. The Balaban J connectivity index is 2.79. The number of ether oxygens (including phenoxy) is 1. The topological polar surface area (TPSA) is 102 Å². The minimum absolute atomic E-state index is 0.141. The van der Waals surface area contributed by atoms with E-state index in [1.807, 2.05) is 6.92 Å². The maximum absolute atomic E-state index is 11.7. The molecule has 0 radical (unpaired) electrons. The zero-order valence-electron chi connectivity index (χ0n) is 12.8. The third-order valence-corrected chi connectivity index (χ3v) is 2.71. The van der Waals surface area contributed by atoms with E-state index < -0.39 is 23.7 Å². The summed E-state index contributed by atoms with van der Waals surface area (Å²) in [5, 5.41) is 11.4. The number of carbonyl (C=O) groups is 2. The quantitative estimate of drug-likeness (QED) is 0.792. The highest BCUT2D eigenvalue weighted by Crippen LogP contribution is 2.22. The van der Waals surface area contributed by atoms with Crippen molar-refractivity contribution in [3.05, 3.63) is 29.3 Å². The number of carboxylic acid groups (broad SMARTS) is 1. The number of amides is 1. The Morgan fingerprint density at radius 3 is 2.48 bits per heavy atom. The summed E-state index contributed by atoms with van der Waals surface area (Å²) in [7, 11) is 0. The molecule has 0 aliphatic rings. The predicted molar refractivity (Wildman–Crippen MR) is 80.2 cm³/mol. The van der Waals surface area contributed by atoms with Gasteiger partial charge in [0.25, 0.3) is 0 Å². The molecule has 0 aliphatic heterocycles. The molecule has 0 saturated heterocycles. The molecule has 6 nitrogen and oxygen atoms in total. The fourth-order valence-corrected chi connectivity index (χ4v) is 1.78. The van der Waals surface area contributed by atoms with E-state index in [-0.39, 0.29) is 6.42 Å². The molecule has 0 heterocycles. The van der Waals surface area contributed by atoms with Gasteiger partial charge in [0.2, 0.25) is 0 Å². The van der Waals surface area contributed by atoms with E-state index in [1.165, 1.54) is 0 Å². The fourth-order valence-electron chi connectivity index (χ4n) is 1.78. The molecule has 0 aliphatic carbocycles. The molecule has 1 amide bonds. The van der Waals surface area contributed by atoms with Crippen molar-refractivity contribution in [3.63, 3.8) is 0 Å². The second kappa shape index (κ2) is 6.58. The Kier molecular flexibility index (Phi) is 5.32. The summed E-state index contributed by atoms with van der Waals surface area (Å²) in [6, 6.07) is 4.58. The van der Waals surface area contributed by atoms with Crippen LogP contribution in [0.2, 0.25) is 0 Å². The standard InChI is InChI=1S/C15H22N2O4/c1-9-7-10(11(16)8-13(18)19)5-6-12(9)17-14(20)21-15(2,3)4/h5-7,11H,8,16H2,1-4H3,(H,17,20)(H,18,19). The Morgan fingerprint density at radius 2 is 2.00 bits per heavy atom. The van der Waals surface area contributed by atoms with E-state index in [4.69, 9.17) is 15.6 Å². The van der Waals surface area contributed by atoms with Gasteiger partial charge in [-0.1, -0.05) is 12.1 Å². The van der Waals surface area contributed by atoms with Gasteiger partial charge in [0, 0.05) is 11.7 Å². The van der Waals surface area contributed by atoms with Gasteiger partial charge in [-0.25, -0.2) is 4.79 Å². The maximum atomic E-state index is 11.7. The van der Waals surface area contributed by atoms with Crippen LogP contribution in [0.25, 0.3) is 0 Å². The van der Waals surface area contributed by atoms with Crippen molar-refractivity contribution in [2.45, 2.75) is 45.8 Å². The monoisotopic (exact) mass is 294 g/mol. The Labute approximate surface area is 124 Å². The van der Waals surface area contributed by atoms with Crippen molar-refractivity contribution in [3.8, 4) is 0 Å². The highest BCUT2D eigenvalue weighted by atomic mass is 16.6. The zero-order chi connectivity index (χ0) is 16.2. The van der Waals surface area contributed by atoms with Gasteiger partial charge in [0.15, 0.2) is 0 Å². The average Bonchev–Trinajstić information content (AvgIpc) is 2.28. The SMILES string of the molecule is Cc1cc(C(N)CC(=O)O)ccc1NC(=O)OC(C)(C)C. The number of hydrogen-bond acceptors (Lipinski definition) is 4. The lowest BCUT2D eigenvalue weighted by atomic mass is 10.0. The number of anilines is 1. The summed E-state index contributed by atoms with van der Waals surface area (Å²) < 4.78 is 5.17. The fraction of sp³-hybridized carbons (Fsp3) is 0.467. The molecule has 1 unspecified atom stereocenters. The van der Waals surface area contributed by atoms with E-state index in [9.17, 15) is 9.59 Å². The maximum Gasteiger partial charge on any atom is 0.412 e. The zero-order valence-corrected chi connectivity index (χ0v) is 12.8. The molecular formula is C15H22N2O4. The molecule has 6 heteroatoms. The van der Waals surface area contributed by atoms with E-state index >= 15 is 0 Å². The van der Waals surface area contributed by atoms with E-state index in [2.05, 4.69) is 5.32 Å². The van der Waals surface area contributed by atoms with Crippen LogP contribution in [0.1, 0.15) is 44.4 Å². The molecule has 0 bridgehead atoms. The third kappa shape index (κ3) is 5.83. The van der Waals surface area contributed by atoms with E-state index in [1.54, 1.807) is 39.0 Å². The van der Waals surface area contributed by atoms with Crippen LogP contribution in [0, 0.1) is 6.92 Å². The van der Waals surface area contributed by atoms with Gasteiger partial charge < -0.3 is 15.6 Å². The van der Waals surface area contributed by atoms with Crippen LogP contribution in [0.5, 0.6) is 0 Å². The lowest BCUT2D eigenvalue weighted by Gasteiger charge is -2.20. The number of aryl methyl sites for hydroxylation is 1. The molecule has 0 fully saturated rings. The molecule has 1 atom stereocenters. The van der Waals surface area contributed by atoms with Crippen molar-refractivity contribution >= 4 is 17.7 Å². The summed E-state index contributed by atoms with van der Waals surface area (Å²) in [5.74, 6) is -0.948. The lowest BCUT2D eigenvalue weighted by molar-refractivity contribution is -0.137. The third-order valence-electron chi connectivity index (χ3n) is 2.71. The molecule has 4 N–H and O–H groups in total. The molecular weight excluding hydrogens is 272 g/mol. The molecule has 1 rings (SSSR count). The number of benzene rings is 1. The number of aliphatic carboxylic acids is 1. The van der Waals surface area contributed by atoms with Crippen molar-refractivity contribution in [2.75, 3.05) is 5.32 Å². The number of carbonyl (C=O) groups excluding carboxylic acids is 1. The number of nitrogens with one attached hydrogen (secondary N) is 1. The lowest BCUT2D eigenvalue weighted by Crippen LogP contribution is -2.27. The Morgan fingerprint density at radius 1 is 1.38 bits per heavy atom. The number of carboxylic acids is 1. The van der Waals surface area contributed by atoms with Crippen molar-refractivity contribution < 1.29 is 19.4 Å². The minimum atomic E-state index is -0.948. The van der Waals surface area contributed by atoms with Crippen LogP contribution in [-0.2, 0) is 9.53 Å². The smallest absolute Gasteiger partial charge is 0.412 e. The van der Waals surface area contributed by atoms with Gasteiger partial charge in [-0.05, 0) is 44.9 Å². The molecule has 116 valence electrons. The molecule has 0 spiro atoms. The van der Waals surface area contributed by atoms with Gasteiger partial charge in [-0.2, -0.15) is 0 Å². The number of rotatable bonds is 4. The van der Waals surface area contributed by atoms with Gasteiger partial charge in [-0.15, -0.1) is 0 Å². The van der Waals surface area contributed by atoms with Crippen molar-refractivity contribution in [1.82, 2.24) is 0 Å². The summed E-state index contributed by atoms with van der Waals surface area (Å²) >= 11 is 0. The first-order valence-electron chi connectivity index (χ1n) is 6.66. The van der Waals surface area contributed by atoms with Gasteiger partial charge in [0.05, 0.1) is 6.42 Å². The first-order chi connectivity index (χ1) is 9.58.